The maximum Gasteiger partial charge on any atom is 0.352 e. The van der Waals surface area contributed by atoms with Gasteiger partial charge in [0.15, 0.2) is 10.8 Å². The van der Waals surface area contributed by atoms with E-state index in [0.29, 0.717) is 5.57 Å². The summed E-state index contributed by atoms with van der Waals surface area (Å²) in [6.45, 7) is 0. The van der Waals surface area contributed by atoms with Gasteiger partial charge in [-0.25, -0.2) is 9.78 Å². The van der Waals surface area contributed by atoms with Crippen molar-refractivity contribution in [3.63, 3.8) is 0 Å². The number of nitrogens with zero attached hydrogens (tertiary/aromatic N) is 3. The molecule has 0 radical (unpaired) electrons. The average molecular weight is 524 g/mol. The molecule has 34 heavy (non-hydrogen) atoms. The number of β-lactam (4-membered cyclic amide) rings is 1. The molecule has 2 aromatic rings. The molecule has 0 bridgehead atoms. The molecular weight excluding hydrogens is 506 g/mol. The fourth-order valence-corrected chi connectivity index (χ4v) is 6.25. The van der Waals surface area contributed by atoms with E-state index in [0.717, 1.165) is 28.0 Å². The van der Waals surface area contributed by atoms with Gasteiger partial charge in [-0.05, 0) is 17.7 Å². The molecule has 2 atom stereocenters. The lowest BCUT2D eigenvalue weighted by Crippen LogP contribution is -2.71. The first-order valence-corrected chi connectivity index (χ1v) is 12.5. The summed E-state index contributed by atoms with van der Waals surface area (Å²) >= 11 is 3.26. The number of anilines is 1. The molecule has 4 heterocycles. The molecule has 1 fully saturated rings. The third kappa shape index (κ3) is 4.53. The van der Waals surface area contributed by atoms with Crippen LogP contribution < -0.4 is 11.1 Å². The normalized spacial score (nSPS) is 20.0. The van der Waals surface area contributed by atoms with Gasteiger partial charge in [-0.1, -0.05) is 16.9 Å². The second-order valence-corrected chi connectivity index (χ2v) is 9.78. The number of carbonyl (C=O) groups is 4. The fourth-order valence-electron chi connectivity index (χ4n) is 3.29. The Hall–Kier alpha value is -3.30. The van der Waals surface area contributed by atoms with Gasteiger partial charge in [0.1, 0.15) is 30.0 Å². The highest BCUT2D eigenvalue weighted by molar-refractivity contribution is 8.14. The number of nitrogen functional groups attached to an aromatic ring is 1. The van der Waals surface area contributed by atoms with Crippen molar-refractivity contribution in [3.8, 4) is 0 Å². The van der Waals surface area contributed by atoms with Gasteiger partial charge >= 0.3 is 5.97 Å². The predicted molar refractivity (Wildman–Crippen MR) is 125 cm³/mol. The standard InChI is InChI=1S/C19H17N5O7S3/c1-30-23-11(15-21-10(20)7-32-15)14(25)22-12-16(26)24-13(18(27)28)8(5-33-17(12)24)6-34-19(29)9-3-2-4-31-9/h2-4,7,12,17H,5-6,20H2,1H3,(H,22,25)(H,27,28)/b23-11-/t12-,17-/m0/s1. The Morgan fingerprint density at radius 3 is 2.88 bits per heavy atom. The van der Waals surface area contributed by atoms with Crippen molar-refractivity contribution in [1.82, 2.24) is 15.2 Å². The van der Waals surface area contributed by atoms with E-state index in [-0.39, 0.29) is 44.6 Å². The van der Waals surface area contributed by atoms with Gasteiger partial charge in [0.05, 0.1) is 6.26 Å². The highest BCUT2D eigenvalue weighted by Crippen LogP contribution is 2.41. The van der Waals surface area contributed by atoms with E-state index in [2.05, 4.69) is 15.5 Å². The van der Waals surface area contributed by atoms with Gasteiger partial charge in [-0.2, -0.15) is 0 Å². The van der Waals surface area contributed by atoms with Crippen LogP contribution in [-0.4, -0.2) is 73.6 Å². The second-order valence-electron chi connectivity index (χ2n) is 6.87. The number of aromatic nitrogens is 1. The number of hydrogen-bond acceptors (Lipinski definition) is 12. The zero-order valence-electron chi connectivity index (χ0n) is 17.4. The lowest BCUT2D eigenvalue weighted by molar-refractivity contribution is -0.150. The summed E-state index contributed by atoms with van der Waals surface area (Å²) in [6, 6.07) is 2.13. The average Bonchev–Trinajstić information content (AvgIpc) is 3.50. The number of amides is 2. The fraction of sp³-hybridized carbons (Fsp3) is 0.263. The zero-order chi connectivity index (χ0) is 24.4. The van der Waals surface area contributed by atoms with Crippen molar-refractivity contribution in [3.05, 3.63) is 45.8 Å². The summed E-state index contributed by atoms with van der Waals surface area (Å²) in [7, 11) is 1.26. The molecule has 0 unspecified atom stereocenters. The minimum atomic E-state index is -1.29. The van der Waals surface area contributed by atoms with Crippen LogP contribution in [0.5, 0.6) is 0 Å². The molecule has 4 N–H and O–H groups in total. The van der Waals surface area contributed by atoms with Crippen LogP contribution in [0.2, 0.25) is 0 Å². The Morgan fingerprint density at radius 2 is 2.26 bits per heavy atom. The number of oxime groups is 1. The monoisotopic (exact) mass is 523 g/mol. The molecule has 0 aliphatic carbocycles. The van der Waals surface area contributed by atoms with Crippen LogP contribution in [0.1, 0.15) is 15.6 Å². The van der Waals surface area contributed by atoms with E-state index in [4.69, 9.17) is 15.0 Å². The van der Waals surface area contributed by atoms with E-state index in [1.807, 2.05) is 0 Å². The molecule has 0 spiro atoms. The lowest BCUT2D eigenvalue weighted by Gasteiger charge is -2.49. The highest BCUT2D eigenvalue weighted by Gasteiger charge is 2.54. The maximum absolute atomic E-state index is 12.8. The van der Waals surface area contributed by atoms with Crippen molar-refractivity contribution >= 4 is 69.3 Å². The molecule has 2 aliphatic rings. The smallest absolute Gasteiger partial charge is 0.352 e. The number of carboxylic acids is 1. The van der Waals surface area contributed by atoms with E-state index in [9.17, 15) is 24.3 Å². The van der Waals surface area contributed by atoms with Crippen molar-refractivity contribution in [2.45, 2.75) is 11.4 Å². The number of furan rings is 1. The van der Waals surface area contributed by atoms with Crippen molar-refractivity contribution in [2.75, 3.05) is 24.3 Å². The lowest BCUT2D eigenvalue weighted by atomic mass is 10.0. The summed E-state index contributed by atoms with van der Waals surface area (Å²) in [4.78, 5) is 59.6. The molecule has 0 saturated carbocycles. The first-order valence-electron chi connectivity index (χ1n) is 9.55. The Kier molecular flexibility index (Phi) is 6.95. The van der Waals surface area contributed by atoms with Gasteiger partial charge in [-0.3, -0.25) is 19.3 Å². The largest absolute Gasteiger partial charge is 0.477 e. The van der Waals surface area contributed by atoms with Crippen molar-refractivity contribution in [1.29, 1.82) is 0 Å². The van der Waals surface area contributed by atoms with E-state index in [1.54, 1.807) is 6.07 Å². The molecule has 1 saturated heterocycles. The molecule has 2 aliphatic heterocycles. The Bertz CT molecular complexity index is 1210. The Labute approximate surface area is 204 Å². The van der Waals surface area contributed by atoms with Gasteiger partial charge < -0.3 is 25.4 Å². The minimum Gasteiger partial charge on any atom is -0.477 e. The van der Waals surface area contributed by atoms with Crippen LogP contribution >= 0.6 is 34.9 Å². The summed E-state index contributed by atoms with van der Waals surface area (Å²) in [5, 5.41) is 16.8. The molecule has 12 nitrogen and oxygen atoms in total. The summed E-state index contributed by atoms with van der Waals surface area (Å²) < 4.78 is 5.05. The van der Waals surface area contributed by atoms with Crippen molar-refractivity contribution < 1.29 is 33.5 Å². The maximum atomic E-state index is 12.8. The summed E-state index contributed by atoms with van der Waals surface area (Å²) in [5.41, 5.74) is 5.70. The van der Waals surface area contributed by atoms with Crippen LogP contribution in [0, 0.1) is 0 Å². The number of nitrogens with one attached hydrogen (secondary N) is 1. The van der Waals surface area contributed by atoms with Crippen LogP contribution in [0.15, 0.2) is 44.6 Å². The molecule has 4 rings (SSSR count). The third-order valence-corrected chi connectivity index (χ3v) is 7.92. The number of thioether (sulfide) groups is 2. The predicted octanol–water partition coefficient (Wildman–Crippen LogP) is 0.981. The zero-order valence-corrected chi connectivity index (χ0v) is 19.9. The van der Waals surface area contributed by atoms with E-state index in [1.165, 1.54) is 36.6 Å². The molecular formula is C19H17N5O7S3. The Balaban J connectivity index is 1.47. The third-order valence-electron chi connectivity index (χ3n) is 4.76. The number of nitrogens with two attached hydrogens (primary N) is 1. The number of hydrogen-bond donors (Lipinski definition) is 3. The van der Waals surface area contributed by atoms with Gasteiger partial charge in [0, 0.05) is 16.9 Å². The molecule has 0 aromatic carbocycles. The molecule has 15 heteroatoms. The SMILES string of the molecule is CO/N=C(/C(=O)N[C@H]1C(=O)N2C(C(=O)O)=C(CSC(=O)c3ccco3)CS[C@@H]12)c1nc(N)cs1. The first-order chi connectivity index (χ1) is 16.3. The van der Waals surface area contributed by atoms with Crippen LogP contribution in [0.3, 0.4) is 0 Å². The summed E-state index contributed by atoms with van der Waals surface area (Å²) in [5.74, 6) is -1.87. The number of carboxylic acid groups (broad SMARTS) is 1. The van der Waals surface area contributed by atoms with Gasteiger partial charge in [0.2, 0.25) is 5.71 Å². The Morgan fingerprint density at radius 1 is 1.47 bits per heavy atom. The number of rotatable bonds is 8. The van der Waals surface area contributed by atoms with Crippen LogP contribution in [-0.2, 0) is 19.2 Å². The number of aliphatic carboxylic acids is 1. The van der Waals surface area contributed by atoms with E-state index >= 15 is 0 Å². The van der Waals surface area contributed by atoms with Gasteiger partial charge in [-0.15, -0.1) is 23.1 Å². The first kappa shape index (κ1) is 23.8. The van der Waals surface area contributed by atoms with Crippen LogP contribution in [0.25, 0.3) is 0 Å². The molecule has 2 aromatic heterocycles. The molecule has 178 valence electrons. The number of fused-ring (bicyclic) bond motifs is 1. The summed E-state index contributed by atoms with van der Waals surface area (Å²) in [6.07, 6.45) is 1.37. The molecule has 2 amide bonds. The minimum absolute atomic E-state index is 0.0812. The van der Waals surface area contributed by atoms with Crippen LogP contribution in [0.4, 0.5) is 5.82 Å². The number of carbonyl (C=O) groups excluding carboxylic acids is 3. The van der Waals surface area contributed by atoms with Gasteiger partial charge in [0.25, 0.3) is 16.9 Å². The van der Waals surface area contributed by atoms with Crippen molar-refractivity contribution in [2.24, 2.45) is 5.16 Å². The highest BCUT2D eigenvalue weighted by atomic mass is 32.2. The quantitative estimate of drug-likeness (QED) is 0.255. The number of thiazole rings is 1. The second kappa shape index (κ2) is 9.90. The topological polar surface area (TPSA) is 177 Å². The van der Waals surface area contributed by atoms with E-state index < -0.39 is 29.2 Å².